The van der Waals surface area contributed by atoms with E-state index in [1.54, 1.807) is 19.1 Å². The predicted molar refractivity (Wildman–Crippen MR) is 133 cm³/mol. The molecule has 1 heterocycles. The Morgan fingerprint density at radius 3 is 2.24 bits per heavy atom. The van der Waals surface area contributed by atoms with Crippen molar-refractivity contribution in [1.29, 1.82) is 0 Å². The highest BCUT2D eigenvalue weighted by molar-refractivity contribution is 7.17. The van der Waals surface area contributed by atoms with Gasteiger partial charge in [0.05, 0.1) is 16.9 Å². The first-order valence-electron chi connectivity index (χ1n) is 11.0. The zero-order chi connectivity index (χ0) is 23.7. The fraction of sp³-hybridized carbons (Fsp3) is 0.154. The number of benzene rings is 3. The Morgan fingerprint density at radius 1 is 0.882 bits per heavy atom. The first-order chi connectivity index (χ1) is 16.5. The van der Waals surface area contributed by atoms with Crippen molar-refractivity contribution in [3.63, 3.8) is 0 Å². The molecule has 0 radical (unpaired) electrons. The topological polar surface area (TPSA) is 100 Å². The molecule has 1 fully saturated rings. The van der Waals surface area contributed by atoms with Crippen molar-refractivity contribution >= 4 is 45.5 Å². The molecule has 0 aliphatic heterocycles. The van der Waals surface area contributed by atoms with Crippen molar-refractivity contribution in [2.75, 3.05) is 5.32 Å². The second-order valence-corrected chi connectivity index (χ2v) is 9.22. The van der Waals surface area contributed by atoms with E-state index in [-0.39, 0.29) is 17.4 Å². The number of thiazole rings is 1. The Hall–Kier alpha value is -4.04. The number of rotatable bonds is 5. The number of hydrogen-bond acceptors (Lipinski definition) is 5. The number of hydrazine groups is 1. The zero-order valence-corrected chi connectivity index (χ0v) is 19.2. The van der Waals surface area contributed by atoms with Crippen LogP contribution in [0.5, 0.6) is 0 Å². The standard InChI is InChI=1S/C26H22N4O3S/c1-15-22(34-26(27-15)17-7-3-2-4-8-17)25(33)30-29-24(32)20-13-18-9-5-6-10-19(18)14-21(20)28-23(31)16-11-12-16/h2-10,13-14,16H,11-12H2,1H3,(H,28,31)(H,29,32)(H,30,33). The molecular weight excluding hydrogens is 448 g/mol. The van der Waals surface area contributed by atoms with Crippen molar-refractivity contribution < 1.29 is 14.4 Å². The Labute approximate surface area is 200 Å². The van der Waals surface area contributed by atoms with E-state index in [9.17, 15) is 14.4 Å². The van der Waals surface area contributed by atoms with Crippen LogP contribution in [-0.2, 0) is 4.79 Å². The number of nitrogens with zero attached hydrogens (tertiary/aromatic N) is 1. The number of carbonyl (C=O) groups is 3. The monoisotopic (exact) mass is 470 g/mol. The van der Waals surface area contributed by atoms with Crippen molar-refractivity contribution in [1.82, 2.24) is 15.8 Å². The summed E-state index contributed by atoms with van der Waals surface area (Å²) in [6.45, 7) is 1.76. The largest absolute Gasteiger partial charge is 0.325 e. The molecule has 3 amide bonds. The lowest BCUT2D eigenvalue weighted by atomic mass is 10.0. The first kappa shape index (κ1) is 21.8. The number of amides is 3. The third kappa shape index (κ3) is 4.53. The molecule has 0 bridgehead atoms. The fourth-order valence-electron chi connectivity index (χ4n) is 3.66. The Morgan fingerprint density at radius 2 is 1.53 bits per heavy atom. The van der Waals surface area contributed by atoms with Crippen LogP contribution in [0.4, 0.5) is 5.69 Å². The van der Waals surface area contributed by atoms with Crippen LogP contribution in [0.3, 0.4) is 0 Å². The SMILES string of the molecule is Cc1nc(-c2ccccc2)sc1C(=O)NNC(=O)c1cc2ccccc2cc1NC(=O)C1CC1. The molecular formula is C26H22N4O3S. The molecule has 0 spiro atoms. The maximum absolute atomic E-state index is 13.0. The molecule has 1 aromatic heterocycles. The summed E-state index contributed by atoms with van der Waals surface area (Å²) in [5.41, 5.74) is 7.17. The van der Waals surface area contributed by atoms with Gasteiger partial charge in [0.25, 0.3) is 11.8 Å². The van der Waals surface area contributed by atoms with Gasteiger partial charge in [-0.15, -0.1) is 11.3 Å². The second kappa shape index (κ2) is 9.07. The van der Waals surface area contributed by atoms with Crippen LogP contribution in [0.1, 0.15) is 38.6 Å². The molecule has 5 rings (SSSR count). The number of fused-ring (bicyclic) bond motifs is 1. The normalized spacial score (nSPS) is 12.9. The molecule has 0 saturated heterocycles. The number of hydrogen-bond donors (Lipinski definition) is 3. The third-order valence-electron chi connectivity index (χ3n) is 5.65. The molecule has 1 aliphatic rings. The van der Waals surface area contributed by atoms with E-state index in [0.29, 0.717) is 16.3 Å². The summed E-state index contributed by atoms with van der Waals surface area (Å²) in [6, 6.07) is 20.7. The Kier molecular flexibility index (Phi) is 5.81. The van der Waals surface area contributed by atoms with E-state index in [0.717, 1.165) is 34.2 Å². The van der Waals surface area contributed by atoms with Gasteiger partial charge in [-0.3, -0.25) is 25.2 Å². The van der Waals surface area contributed by atoms with Crippen molar-refractivity contribution in [2.45, 2.75) is 19.8 Å². The summed E-state index contributed by atoms with van der Waals surface area (Å²) >= 11 is 1.26. The molecule has 1 aliphatic carbocycles. The van der Waals surface area contributed by atoms with Gasteiger partial charge in [-0.2, -0.15) is 0 Å². The van der Waals surface area contributed by atoms with E-state index < -0.39 is 11.8 Å². The average Bonchev–Trinajstić information content (AvgIpc) is 3.64. The molecule has 3 aromatic carbocycles. The van der Waals surface area contributed by atoms with Gasteiger partial charge in [0.1, 0.15) is 9.88 Å². The summed E-state index contributed by atoms with van der Waals surface area (Å²) in [7, 11) is 0. The molecule has 1 saturated carbocycles. The van der Waals surface area contributed by atoms with Crippen LogP contribution in [0.2, 0.25) is 0 Å². The van der Waals surface area contributed by atoms with Crippen LogP contribution >= 0.6 is 11.3 Å². The van der Waals surface area contributed by atoms with Crippen molar-refractivity contribution in [3.8, 4) is 10.6 Å². The molecule has 34 heavy (non-hydrogen) atoms. The van der Waals surface area contributed by atoms with Crippen LogP contribution in [0.25, 0.3) is 21.3 Å². The molecule has 8 heteroatoms. The first-order valence-corrected chi connectivity index (χ1v) is 11.8. The molecule has 3 N–H and O–H groups in total. The summed E-state index contributed by atoms with van der Waals surface area (Å²) in [6.07, 6.45) is 1.71. The van der Waals surface area contributed by atoms with Gasteiger partial charge in [0, 0.05) is 11.5 Å². The molecule has 4 aromatic rings. The minimum Gasteiger partial charge on any atom is -0.325 e. The van der Waals surface area contributed by atoms with E-state index in [1.165, 1.54) is 11.3 Å². The quantitative estimate of drug-likeness (QED) is 0.368. The molecule has 170 valence electrons. The summed E-state index contributed by atoms with van der Waals surface area (Å²) in [5, 5.41) is 5.37. The number of nitrogens with one attached hydrogen (secondary N) is 3. The number of aromatic nitrogens is 1. The van der Waals surface area contributed by atoms with Crippen LogP contribution in [0, 0.1) is 12.8 Å². The molecule has 0 atom stereocenters. The molecule has 0 unspecified atom stereocenters. The van der Waals surface area contributed by atoms with Crippen LogP contribution in [-0.4, -0.2) is 22.7 Å². The second-order valence-electron chi connectivity index (χ2n) is 8.22. The number of anilines is 1. The smallest absolute Gasteiger partial charge is 0.281 e. The van der Waals surface area contributed by atoms with Gasteiger partial charge < -0.3 is 5.32 Å². The molecule has 7 nitrogen and oxygen atoms in total. The lowest BCUT2D eigenvalue weighted by Gasteiger charge is -2.13. The highest BCUT2D eigenvalue weighted by atomic mass is 32.1. The van der Waals surface area contributed by atoms with E-state index >= 15 is 0 Å². The van der Waals surface area contributed by atoms with Crippen LogP contribution in [0.15, 0.2) is 66.7 Å². The minimum absolute atomic E-state index is 0.00445. The summed E-state index contributed by atoms with van der Waals surface area (Å²) in [4.78, 5) is 43.1. The van der Waals surface area contributed by atoms with Gasteiger partial charge in [-0.1, -0.05) is 54.6 Å². The number of aryl methyl sites for hydroxylation is 1. The lowest BCUT2D eigenvalue weighted by Crippen LogP contribution is -2.41. The van der Waals surface area contributed by atoms with Crippen molar-refractivity contribution in [2.24, 2.45) is 5.92 Å². The average molecular weight is 471 g/mol. The van der Waals surface area contributed by atoms with E-state index in [2.05, 4.69) is 21.2 Å². The highest BCUT2D eigenvalue weighted by Gasteiger charge is 2.30. The Bertz CT molecular complexity index is 1410. The summed E-state index contributed by atoms with van der Waals surface area (Å²) < 4.78 is 0. The van der Waals surface area contributed by atoms with E-state index in [4.69, 9.17) is 0 Å². The predicted octanol–water partition coefficient (Wildman–Crippen LogP) is 4.70. The summed E-state index contributed by atoms with van der Waals surface area (Å²) in [5.74, 6) is -1.07. The highest BCUT2D eigenvalue weighted by Crippen LogP contribution is 2.32. The van der Waals surface area contributed by atoms with E-state index in [1.807, 2.05) is 54.6 Å². The van der Waals surface area contributed by atoms with Gasteiger partial charge in [-0.25, -0.2) is 4.98 Å². The Balaban J connectivity index is 1.35. The van der Waals surface area contributed by atoms with Gasteiger partial charge in [0.15, 0.2) is 0 Å². The van der Waals surface area contributed by atoms with Gasteiger partial charge >= 0.3 is 0 Å². The van der Waals surface area contributed by atoms with Crippen molar-refractivity contribution in [3.05, 3.63) is 82.9 Å². The lowest BCUT2D eigenvalue weighted by molar-refractivity contribution is -0.117. The zero-order valence-electron chi connectivity index (χ0n) is 18.4. The van der Waals surface area contributed by atoms with Gasteiger partial charge in [0.2, 0.25) is 5.91 Å². The maximum Gasteiger partial charge on any atom is 0.281 e. The minimum atomic E-state index is -0.518. The third-order valence-corrected chi connectivity index (χ3v) is 6.85. The fourth-order valence-corrected chi connectivity index (χ4v) is 4.63. The number of carbonyl (C=O) groups excluding carboxylic acids is 3. The van der Waals surface area contributed by atoms with Crippen LogP contribution < -0.4 is 16.2 Å². The van der Waals surface area contributed by atoms with Gasteiger partial charge in [-0.05, 0) is 42.7 Å². The maximum atomic E-state index is 13.0.